The average Bonchev–Trinajstić information content (AvgIpc) is 2.29. The van der Waals surface area contributed by atoms with Gasteiger partial charge in [-0.3, -0.25) is 0 Å². The zero-order chi connectivity index (χ0) is 12.0. The van der Waals surface area contributed by atoms with E-state index in [0.717, 1.165) is 30.8 Å². The fourth-order valence-corrected chi connectivity index (χ4v) is 1.39. The van der Waals surface area contributed by atoms with Gasteiger partial charge in [0.1, 0.15) is 18.0 Å². The van der Waals surface area contributed by atoms with E-state index in [1.807, 2.05) is 13.8 Å². The van der Waals surface area contributed by atoms with Crippen LogP contribution >= 0.6 is 0 Å². The molecule has 1 aromatic rings. The van der Waals surface area contributed by atoms with Crippen molar-refractivity contribution in [2.24, 2.45) is 5.92 Å². The first-order valence-electron chi connectivity index (χ1n) is 5.57. The van der Waals surface area contributed by atoms with Crippen LogP contribution in [0.15, 0.2) is 6.33 Å². The summed E-state index contributed by atoms with van der Waals surface area (Å²) in [6, 6.07) is 0. The molecule has 0 fully saturated rings. The van der Waals surface area contributed by atoms with Crippen molar-refractivity contribution in [3.63, 3.8) is 0 Å². The zero-order valence-electron chi connectivity index (χ0n) is 9.90. The van der Waals surface area contributed by atoms with Gasteiger partial charge in [-0.15, -0.1) is 0 Å². The highest BCUT2D eigenvalue weighted by molar-refractivity contribution is 5.53. The fourth-order valence-electron chi connectivity index (χ4n) is 1.39. The van der Waals surface area contributed by atoms with Crippen molar-refractivity contribution >= 4 is 11.6 Å². The second-order valence-electron chi connectivity index (χ2n) is 4.09. The van der Waals surface area contributed by atoms with Crippen LogP contribution in [-0.4, -0.2) is 28.2 Å². The van der Waals surface area contributed by atoms with Crippen molar-refractivity contribution < 1.29 is 5.11 Å². The van der Waals surface area contributed by atoms with Crippen LogP contribution in [0.2, 0.25) is 0 Å². The zero-order valence-corrected chi connectivity index (χ0v) is 9.90. The predicted octanol–water partition coefficient (Wildman–Crippen LogP) is 1.19. The van der Waals surface area contributed by atoms with Crippen molar-refractivity contribution in [1.82, 2.24) is 9.97 Å². The molecule has 16 heavy (non-hydrogen) atoms. The Kier molecular flexibility index (Phi) is 4.98. The molecule has 0 aliphatic heterocycles. The number of aromatic nitrogens is 2. The van der Waals surface area contributed by atoms with Crippen LogP contribution in [0, 0.1) is 12.8 Å². The van der Waals surface area contributed by atoms with E-state index in [1.165, 1.54) is 6.33 Å². The quantitative estimate of drug-likeness (QED) is 0.632. The Balaban J connectivity index is 2.35. The highest BCUT2D eigenvalue weighted by Gasteiger charge is 2.03. The molecule has 1 rings (SSSR count). The van der Waals surface area contributed by atoms with Gasteiger partial charge in [0, 0.05) is 18.7 Å². The van der Waals surface area contributed by atoms with Crippen LogP contribution in [0.25, 0.3) is 0 Å². The Morgan fingerprint density at radius 3 is 2.94 bits per heavy atom. The third-order valence-electron chi connectivity index (χ3n) is 2.60. The molecule has 0 spiro atoms. The van der Waals surface area contributed by atoms with E-state index < -0.39 is 0 Å². The monoisotopic (exact) mass is 224 g/mol. The predicted molar refractivity (Wildman–Crippen MR) is 65.2 cm³/mol. The topological polar surface area (TPSA) is 84.1 Å². The minimum atomic E-state index is 0.249. The number of nitrogens with one attached hydrogen (secondary N) is 1. The van der Waals surface area contributed by atoms with Crippen molar-refractivity contribution in [2.45, 2.75) is 26.7 Å². The maximum absolute atomic E-state index is 8.87. The number of nitrogens with zero attached hydrogens (tertiary/aromatic N) is 2. The van der Waals surface area contributed by atoms with Gasteiger partial charge in [-0.2, -0.15) is 0 Å². The summed E-state index contributed by atoms with van der Waals surface area (Å²) in [4.78, 5) is 8.03. The molecular weight excluding hydrogens is 204 g/mol. The van der Waals surface area contributed by atoms with Gasteiger partial charge in [0.25, 0.3) is 0 Å². The number of hydrogen-bond acceptors (Lipinski definition) is 5. The van der Waals surface area contributed by atoms with Gasteiger partial charge >= 0.3 is 0 Å². The SMILES string of the molecule is Cc1c(N)ncnc1NCCCC(C)CO. The lowest BCUT2D eigenvalue weighted by Gasteiger charge is -2.10. The molecule has 5 nitrogen and oxygen atoms in total. The van der Waals surface area contributed by atoms with E-state index in [9.17, 15) is 0 Å². The van der Waals surface area contributed by atoms with Gasteiger partial charge in [-0.25, -0.2) is 9.97 Å². The summed E-state index contributed by atoms with van der Waals surface area (Å²) < 4.78 is 0. The number of aliphatic hydroxyl groups excluding tert-OH is 1. The van der Waals surface area contributed by atoms with E-state index in [-0.39, 0.29) is 6.61 Å². The van der Waals surface area contributed by atoms with Gasteiger partial charge in [-0.1, -0.05) is 6.92 Å². The molecule has 0 aliphatic rings. The second kappa shape index (κ2) is 6.27. The van der Waals surface area contributed by atoms with Gasteiger partial charge in [-0.05, 0) is 25.7 Å². The Labute approximate surface area is 96.1 Å². The van der Waals surface area contributed by atoms with Crippen LogP contribution in [0.3, 0.4) is 0 Å². The molecular formula is C11H20N4O. The molecule has 5 heteroatoms. The van der Waals surface area contributed by atoms with E-state index in [4.69, 9.17) is 10.8 Å². The minimum absolute atomic E-state index is 0.249. The van der Waals surface area contributed by atoms with Crippen LogP contribution in [0.4, 0.5) is 11.6 Å². The number of rotatable bonds is 6. The van der Waals surface area contributed by atoms with Crippen molar-refractivity contribution in [3.05, 3.63) is 11.9 Å². The molecule has 1 aromatic heterocycles. The van der Waals surface area contributed by atoms with Gasteiger partial charge in [0.05, 0.1) is 0 Å². The number of nitrogen functional groups attached to an aromatic ring is 1. The molecule has 0 saturated carbocycles. The van der Waals surface area contributed by atoms with Gasteiger partial charge in [0.15, 0.2) is 0 Å². The maximum atomic E-state index is 8.87. The van der Waals surface area contributed by atoms with Gasteiger partial charge < -0.3 is 16.2 Å². The van der Waals surface area contributed by atoms with E-state index >= 15 is 0 Å². The lowest BCUT2D eigenvalue weighted by Crippen LogP contribution is -2.09. The summed E-state index contributed by atoms with van der Waals surface area (Å²) in [6.45, 7) is 5.02. The average molecular weight is 224 g/mol. The van der Waals surface area contributed by atoms with Crippen LogP contribution in [-0.2, 0) is 0 Å². The Bertz CT molecular complexity index is 330. The van der Waals surface area contributed by atoms with E-state index in [1.54, 1.807) is 0 Å². The normalized spacial score (nSPS) is 12.4. The summed E-state index contributed by atoms with van der Waals surface area (Å²) in [5.41, 5.74) is 6.56. The van der Waals surface area contributed by atoms with E-state index in [0.29, 0.717) is 11.7 Å². The molecule has 1 unspecified atom stereocenters. The first kappa shape index (κ1) is 12.7. The molecule has 0 bridgehead atoms. The molecule has 1 atom stereocenters. The summed E-state index contributed by atoms with van der Waals surface area (Å²) in [7, 11) is 0. The molecule has 4 N–H and O–H groups in total. The largest absolute Gasteiger partial charge is 0.396 e. The number of nitrogens with two attached hydrogens (primary N) is 1. The Morgan fingerprint density at radius 2 is 2.25 bits per heavy atom. The number of aliphatic hydroxyl groups is 1. The third-order valence-corrected chi connectivity index (χ3v) is 2.60. The fraction of sp³-hybridized carbons (Fsp3) is 0.636. The molecule has 90 valence electrons. The highest BCUT2D eigenvalue weighted by Crippen LogP contribution is 2.15. The number of hydrogen-bond donors (Lipinski definition) is 3. The second-order valence-corrected chi connectivity index (χ2v) is 4.09. The molecule has 0 radical (unpaired) electrons. The summed E-state index contributed by atoms with van der Waals surface area (Å²) in [5, 5.41) is 12.1. The lowest BCUT2D eigenvalue weighted by molar-refractivity contribution is 0.229. The first-order chi connectivity index (χ1) is 7.65. The third kappa shape index (κ3) is 3.66. The molecule has 0 saturated heterocycles. The standard InChI is InChI=1S/C11H20N4O/c1-8(6-16)4-3-5-13-11-9(2)10(12)14-7-15-11/h7-8,16H,3-6H2,1-2H3,(H3,12,13,14,15). The van der Waals surface area contributed by atoms with E-state index in [2.05, 4.69) is 15.3 Å². The summed E-state index contributed by atoms with van der Waals surface area (Å²) >= 11 is 0. The Hall–Kier alpha value is -1.36. The summed E-state index contributed by atoms with van der Waals surface area (Å²) in [6.07, 6.45) is 3.47. The smallest absolute Gasteiger partial charge is 0.134 e. The first-order valence-corrected chi connectivity index (χ1v) is 5.57. The number of anilines is 2. The van der Waals surface area contributed by atoms with Crippen molar-refractivity contribution in [3.8, 4) is 0 Å². The molecule has 1 heterocycles. The maximum Gasteiger partial charge on any atom is 0.134 e. The van der Waals surface area contributed by atoms with Crippen LogP contribution in [0.5, 0.6) is 0 Å². The molecule has 0 amide bonds. The minimum Gasteiger partial charge on any atom is -0.396 e. The Morgan fingerprint density at radius 1 is 1.50 bits per heavy atom. The van der Waals surface area contributed by atoms with Gasteiger partial charge in [0.2, 0.25) is 0 Å². The van der Waals surface area contributed by atoms with Crippen LogP contribution < -0.4 is 11.1 Å². The highest BCUT2D eigenvalue weighted by atomic mass is 16.3. The lowest BCUT2D eigenvalue weighted by atomic mass is 10.1. The van der Waals surface area contributed by atoms with Crippen molar-refractivity contribution in [1.29, 1.82) is 0 Å². The molecule has 0 aromatic carbocycles. The summed E-state index contributed by atoms with van der Waals surface area (Å²) in [5.74, 6) is 1.67. The molecule has 0 aliphatic carbocycles. The van der Waals surface area contributed by atoms with Crippen LogP contribution in [0.1, 0.15) is 25.3 Å². The van der Waals surface area contributed by atoms with Crippen molar-refractivity contribution in [2.75, 3.05) is 24.2 Å².